The van der Waals surface area contributed by atoms with Crippen molar-refractivity contribution in [1.29, 1.82) is 0 Å². The van der Waals surface area contributed by atoms with Crippen LogP contribution in [0.2, 0.25) is 5.02 Å². The number of carbonyl (C=O) groups excluding carboxylic acids is 2. The lowest BCUT2D eigenvalue weighted by atomic mass is 10.1. The first-order chi connectivity index (χ1) is 9.01. The maximum absolute atomic E-state index is 12.1. The number of methoxy groups -OCH3 is 1. The minimum atomic E-state index is -0.105. The third-order valence-electron chi connectivity index (χ3n) is 3.22. The molecular weight excluding hydrogens is 266 g/mol. The molecule has 1 aliphatic heterocycles. The van der Waals surface area contributed by atoms with Crippen LogP contribution < -0.4 is 4.74 Å². The Bertz CT molecular complexity index is 515. The summed E-state index contributed by atoms with van der Waals surface area (Å²) in [6.45, 7) is 2.77. The first kappa shape index (κ1) is 13.9. The molecule has 1 aromatic rings. The third kappa shape index (κ3) is 3.07. The summed E-state index contributed by atoms with van der Waals surface area (Å²) in [5.41, 5.74) is 0.498. The maximum atomic E-state index is 12.1. The molecule has 5 heteroatoms. The van der Waals surface area contributed by atoms with Crippen LogP contribution in [0.15, 0.2) is 18.2 Å². The molecule has 0 aliphatic carbocycles. The molecule has 1 amide bonds. The third-order valence-corrected chi connectivity index (χ3v) is 3.51. The van der Waals surface area contributed by atoms with Crippen LogP contribution in [0.5, 0.6) is 5.75 Å². The summed E-state index contributed by atoms with van der Waals surface area (Å²) in [6, 6.07) is 4.90. The Hall–Kier alpha value is -1.55. The lowest BCUT2D eigenvalue weighted by Crippen LogP contribution is -2.31. The second-order valence-corrected chi connectivity index (χ2v) is 5.26. The smallest absolute Gasteiger partial charge is 0.223 e. The van der Waals surface area contributed by atoms with Gasteiger partial charge in [-0.2, -0.15) is 0 Å². The normalized spacial score (nSPS) is 18.8. The second-order valence-electron chi connectivity index (χ2n) is 4.86. The van der Waals surface area contributed by atoms with Gasteiger partial charge in [0, 0.05) is 18.5 Å². The molecule has 4 nitrogen and oxygen atoms in total. The van der Waals surface area contributed by atoms with Crippen LogP contribution in [0.3, 0.4) is 0 Å². The molecule has 1 heterocycles. The van der Waals surface area contributed by atoms with Crippen molar-refractivity contribution in [2.24, 2.45) is 5.92 Å². The summed E-state index contributed by atoms with van der Waals surface area (Å²) in [4.78, 5) is 25.4. The molecule has 1 aliphatic rings. The number of amides is 1. The van der Waals surface area contributed by atoms with E-state index in [1.54, 1.807) is 23.1 Å². The van der Waals surface area contributed by atoms with Crippen LogP contribution in [0.4, 0.5) is 0 Å². The number of hydrogen-bond donors (Lipinski definition) is 0. The van der Waals surface area contributed by atoms with Crippen molar-refractivity contribution in [2.45, 2.75) is 13.3 Å². The van der Waals surface area contributed by atoms with E-state index in [1.165, 1.54) is 7.11 Å². The van der Waals surface area contributed by atoms with E-state index in [-0.39, 0.29) is 18.2 Å². The molecule has 2 rings (SSSR count). The molecule has 0 N–H and O–H groups in total. The fraction of sp³-hybridized carbons (Fsp3) is 0.429. The van der Waals surface area contributed by atoms with Gasteiger partial charge in [0.05, 0.1) is 18.7 Å². The average Bonchev–Trinajstić information content (AvgIpc) is 2.67. The van der Waals surface area contributed by atoms with Gasteiger partial charge in [-0.1, -0.05) is 18.5 Å². The zero-order chi connectivity index (χ0) is 14.0. The Morgan fingerprint density at radius 3 is 2.79 bits per heavy atom. The van der Waals surface area contributed by atoms with Crippen LogP contribution in [0.25, 0.3) is 0 Å². The van der Waals surface area contributed by atoms with Crippen molar-refractivity contribution < 1.29 is 14.3 Å². The van der Waals surface area contributed by atoms with Gasteiger partial charge in [-0.15, -0.1) is 0 Å². The van der Waals surface area contributed by atoms with E-state index in [9.17, 15) is 9.59 Å². The molecule has 1 atom stereocenters. The fourth-order valence-electron chi connectivity index (χ4n) is 2.23. The summed E-state index contributed by atoms with van der Waals surface area (Å²) in [7, 11) is 1.52. The van der Waals surface area contributed by atoms with Gasteiger partial charge in [-0.05, 0) is 24.1 Å². The predicted molar refractivity (Wildman–Crippen MR) is 72.7 cm³/mol. The van der Waals surface area contributed by atoms with Crippen LogP contribution >= 0.6 is 11.6 Å². The molecule has 1 fully saturated rings. The summed E-state index contributed by atoms with van der Waals surface area (Å²) in [5.74, 6) is 0.788. The summed E-state index contributed by atoms with van der Waals surface area (Å²) in [5, 5.41) is 0.398. The zero-order valence-electron chi connectivity index (χ0n) is 11.0. The lowest BCUT2D eigenvalue weighted by molar-refractivity contribution is -0.127. The van der Waals surface area contributed by atoms with Gasteiger partial charge in [0.25, 0.3) is 0 Å². The van der Waals surface area contributed by atoms with E-state index in [0.29, 0.717) is 35.2 Å². The number of hydrogen-bond acceptors (Lipinski definition) is 3. The molecule has 1 unspecified atom stereocenters. The van der Waals surface area contributed by atoms with Crippen molar-refractivity contribution in [3.63, 3.8) is 0 Å². The predicted octanol–water partition coefficient (Wildman–Crippen LogP) is 2.40. The molecule has 102 valence electrons. The largest absolute Gasteiger partial charge is 0.495 e. The molecule has 0 radical (unpaired) electrons. The van der Waals surface area contributed by atoms with Crippen LogP contribution in [0.1, 0.15) is 23.7 Å². The number of Topliss-reactive ketones (excluding diaryl/α,β-unsaturated/α-hetero) is 1. The Morgan fingerprint density at radius 1 is 1.53 bits per heavy atom. The lowest BCUT2D eigenvalue weighted by Gasteiger charge is -2.15. The first-order valence-electron chi connectivity index (χ1n) is 6.15. The van der Waals surface area contributed by atoms with Gasteiger partial charge >= 0.3 is 0 Å². The highest BCUT2D eigenvalue weighted by Crippen LogP contribution is 2.25. The Kier molecular flexibility index (Phi) is 4.10. The van der Waals surface area contributed by atoms with E-state index < -0.39 is 0 Å². The van der Waals surface area contributed by atoms with Crippen molar-refractivity contribution in [3.05, 3.63) is 28.8 Å². The number of nitrogens with zero attached hydrogens (tertiary/aromatic N) is 1. The molecule has 0 saturated carbocycles. The number of ketones is 1. The van der Waals surface area contributed by atoms with Crippen LogP contribution in [-0.4, -0.2) is 36.8 Å². The van der Waals surface area contributed by atoms with E-state index in [1.807, 2.05) is 6.92 Å². The van der Waals surface area contributed by atoms with Gasteiger partial charge in [-0.25, -0.2) is 0 Å². The standard InChI is InChI=1S/C14H16ClNO3/c1-9-5-14(18)16(7-9)8-12(17)10-3-4-13(19-2)11(15)6-10/h3-4,6,9H,5,7-8H2,1-2H3. The zero-order valence-corrected chi connectivity index (χ0v) is 11.7. The minimum Gasteiger partial charge on any atom is -0.495 e. The molecule has 1 aromatic carbocycles. The second kappa shape index (κ2) is 5.61. The summed E-state index contributed by atoms with van der Waals surface area (Å²) < 4.78 is 5.04. The van der Waals surface area contributed by atoms with E-state index in [4.69, 9.17) is 16.3 Å². The highest BCUT2D eigenvalue weighted by molar-refractivity contribution is 6.32. The Balaban J connectivity index is 2.08. The van der Waals surface area contributed by atoms with E-state index >= 15 is 0 Å². The number of carbonyl (C=O) groups is 2. The SMILES string of the molecule is COc1ccc(C(=O)CN2CC(C)CC2=O)cc1Cl. The number of benzene rings is 1. The maximum Gasteiger partial charge on any atom is 0.223 e. The summed E-state index contributed by atoms with van der Waals surface area (Å²) >= 11 is 5.98. The number of ether oxygens (including phenoxy) is 1. The first-order valence-corrected chi connectivity index (χ1v) is 6.53. The van der Waals surface area contributed by atoms with Crippen LogP contribution in [-0.2, 0) is 4.79 Å². The van der Waals surface area contributed by atoms with Gasteiger partial charge in [0.1, 0.15) is 5.75 Å². The molecule has 0 bridgehead atoms. The van der Waals surface area contributed by atoms with Crippen molar-refractivity contribution in [1.82, 2.24) is 4.90 Å². The van der Waals surface area contributed by atoms with Gasteiger partial charge < -0.3 is 9.64 Å². The van der Waals surface area contributed by atoms with Gasteiger partial charge in [0.15, 0.2) is 5.78 Å². The highest BCUT2D eigenvalue weighted by atomic mass is 35.5. The van der Waals surface area contributed by atoms with Crippen molar-refractivity contribution in [3.8, 4) is 5.75 Å². The molecule has 1 saturated heterocycles. The highest BCUT2D eigenvalue weighted by Gasteiger charge is 2.28. The topological polar surface area (TPSA) is 46.6 Å². The van der Waals surface area contributed by atoms with Crippen molar-refractivity contribution >= 4 is 23.3 Å². The molecular formula is C14H16ClNO3. The molecule has 0 spiro atoms. The van der Waals surface area contributed by atoms with Crippen molar-refractivity contribution in [2.75, 3.05) is 20.2 Å². The summed E-state index contributed by atoms with van der Waals surface area (Å²) in [6.07, 6.45) is 0.524. The quantitative estimate of drug-likeness (QED) is 0.796. The Morgan fingerprint density at radius 2 is 2.26 bits per heavy atom. The monoisotopic (exact) mass is 281 g/mol. The van der Waals surface area contributed by atoms with Gasteiger partial charge in [-0.3, -0.25) is 9.59 Å². The average molecular weight is 282 g/mol. The van der Waals surface area contributed by atoms with E-state index in [0.717, 1.165) is 0 Å². The van der Waals surface area contributed by atoms with Crippen LogP contribution in [0, 0.1) is 5.92 Å². The minimum absolute atomic E-state index is 0.0421. The molecule has 0 aromatic heterocycles. The fourth-order valence-corrected chi connectivity index (χ4v) is 2.48. The number of likely N-dealkylation sites (tertiary alicyclic amines) is 1. The Labute approximate surface area is 117 Å². The number of rotatable bonds is 4. The van der Waals surface area contributed by atoms with Gasteiger partial charge in [0.2, 0.25) is 5.91 Å². The van der Waals surface area contributed by atoms with E-state index in [2.05, 4.69) is 0 Å². The molecule has 19 heavy (non-hydrogen) atoms. The number of halogens is 1.